The number of nitrogens with one attached hydrogen (secondary N) is 1. The summed E-state index contributed by atoms with van der Waals surface area (Å²) in [6.45, 7) is 1.81. The van der Waals surface area contributed by atoms with Crippen LogP contribution in [0.3, 0.4) is 0 Å². The fourth-order valence-corrected chi connectivity index (χ4v) is 2.07. The van der Waals surface area contributed by atoms with Gasteiger partial charge in [-0.05, 0) is 6.42 Å². The smallest absolute Gasteiger partial charge is 0.381 e. The lowest BCUT2D eigenvalue weighted by Gasteiger charge is -2.12. The third-order valence-corrected chi connectivity index (χ3v) is 3.11. The van der Waals surface area contributed by atoms with Gasteiger partial charge in [-0.2, -0.15) is 5.10 Å². The largest absolute Gasteiger partial charge is 0.505 e. The Labute approximate surface area is 118 Å². The molecule has 0 aliphatic heterocycles. The Kier molecular flexibility index (Phi) is 3.92. The third-order valence-electron chi connectivity index (χ3n) is 2.42. The van der Waals surface area contributed by atoms with Gasteiger partial charge in [0.1, 0.15) is 12.1 Å². The van der Waals surface area contributed by atoms with Crippen LogP contribution in [0, 0.1) is 0 Å². The van der Waals surface area contributed by atoms with E-state index in [0.29, 0.717) is 12.0 Å². The molecule has 0 aliphatic carbocycles. The molecule has 0 radical (unpaired) electrons. The summed E-state index contributed by atoms with van der Waals surface area (Å²) in [5, 5.41) is 15.6. The highest BCUT2D eigenvalue weighted by Crippen LogP contribution is 2.40. The molecule has 8 heteroatoms. The predicted molar refractivity (Wildman–Crippen MR) is 68.8 cm³/mol. The van der Waals surface area contributed by atoms with E-state index in [0.717, 1.165) is 0 Å². The number of carbonyl (C=O) groups excluding carboxylic acids is 1. The van der Waals surface area contributed by atoms with Crippen molar-refractivity contribution in [2.75, 3.05) is 0 Å². The van der Waals surface area contributed by atoms with Crippen LogP contribution in [0.2, 0.25) is 10.0 Å². The molecular weight excluding hydrogens is 293 g/mol. The quantitative estimate of drug-likeness (QED) is 0.672. The summed E-state index contributed by atoms with van der Waals surface area (Å²) in [4.78, 5) is 15.4. The van der Waals surface area contributed by atoms with Crippen LogP contribution in [0.15, 0.2) is 12.4 Å². The average Bonchev–Trinajstić information content (AvgIpc) is 2.90. The summed E-state index contributed by atoms with van der Waals surface area (Å²) < 4.78 is 5.14. The molecule has 0 spiro atoms. The summed E-state index contributed by atoms with van der Waals surface area (Å²) in [5.41, 5.74) is 0.483. The Hall–Kier alpha value is -1.79. The summed E-state index contributed by atoms with van der Waals surface area (Å²) in [5.74, 6) is -0.816. The van der Waals surface area contributed by atoms with Crippen molar-refractivity contribution < 1.29 is 14.6 Å². The SMILES string of the molecule is CCc1c(OC(=O)c2ncn[nH]2)cc(Cl)c(O)c1Cl. The molecule has 100 valence electrons. The Bertz CT molecular complexity index is 614. The zero-order valence-electron chi connectivity index (χ0n) is 9.78. The molecule has 2 rings (SSSR count). The number of halogens is 2. The van der Waals surface area contributed by atoms with E-state index in [9.17, 15) is 9.90 Å². The summed E-state index contributed by atoms with van der Waals surface area (Å²) in [6.07, 6.45) is 1.65. The van der Waals surface area contributed by atoms with Gasteiger partial charge >= 0.3 is 5.97 Å². The lowest BCUT2D eigenvalue weighted by atomic mass is 10.1. The van der Waals surface area contributed by atoms with Gasteiger partial charge in [-0.25, -0.2) is 9.78 Å². The van der Waals surface area contributed by atoms with E-state index in [1.807, 2.05) is 0 Å². The number of ether oxygens (including phenoxy) is 1. The number of H-pyrrole nitrogens is 1. The second kappa shape index (κ2) is 5.46. The minimum absolute atomic E-state index is 0.00238. The van der Waals surface area contributed by atoms with Crippen LogP contribution in [-0.4, -0.2) is 26.3 Å². The summed E-state index contributed by atoms with van der Waals surface area (Å²) in [7, 11) is 0. The second-order valence-corrected chi connectivity index (χ2v) is 4.36. The summed E-state index contributed by atoms with van der Waals surface area (Å²) in [6, 6.07) is 1.33. The van der Waals surface area contributed by atoms with Gasteiger partial charge in [0.25, 0.3) is 0 Å². The molecule has 1 heterocycles. The predicted octanol–water partition coefficient (Wildman–Crippen LogP) is 2.60. The van der Waals surface area contributed by atoms with Crippen molar-refractivity contribution >= 4 is 29.2 Å². The zero-order chi connectivity index (χ0) is 14.0. The summed E-state index contributed by atoms with van der Waals surface area (Å²) >= 11 is 11.7. The van der Waals surface area contributed by atoms with Gasteiger partial charge in [0.2, 0.25) is 5.82 Å². The van der Waals surface area contributed by atoms with Crippen LogP contribution in [0.5, 0.6) is 11.5 Å². The molecule has 6 nitrogen and oxygen atoms in total. The number of aromatic nitrogens is 3. The molecule has 0 saturated heterocycles. The van der Waals surface area contributed by atoms with Crippen LogP contribution >= 0.6 is 23.2 Å². The first-order valence-corrected chi connectivity index (χ1v) is 6.07. The molecule has 0 bridgehead atoms. The molecule has 0 amide bonds. The first-order chi connectivity index (χ1) is 9.04. The number of aromatic hydroxyl groups is 1. The Morgan fingerprint density at radius 1 is 1.53 bits per heavy atom. The Morgan fingerprint density at radius 3 is 2.84 bits per heavy atom. The number of benzene rings is 1. The molecule has 2 aromatic rings. The molecular formula is C11H9Cl2N3O3. The van der Waals surface area contributed by atoms with Gasteiger partial charge in [0.05, 0.1) is 10.0 Å². The minimum Gasteiger partial charge on any atom is -0.505 e. The number of nitrogens with zero attached hydrogens (tertiary/aromatic N) is 2. The molecule has 19 heavy (non-hydrogen) atoms. The van der Waals surface area contributed by atoms with Gasteiger partial charge in [-0.15, -0.1) is 0 Å². The van der Waals surface area contributed by atoms with Crippen molar-refractivity contribution in [3.8, 4) is 11.5 Å². The van der Waals surface area contributed by atoms with Gasteiger partial charge in [0, 0.05) is 11.6 Å². The van der Waals surface area contributed by atoms with E-state index in [2.05, 4.69) is 15.2 Å². The maximum absolute atomic E-state index is 11.7. The topological polar surface area (TPSA) is 88.1 Å². The van der Waals surface area contributed by atoms with Crippen molar-refractivity contribution in [2.45, 2.75) is 13.3 Å². The number of aromatic amines is 1. The lowest BCUT2D eigenvalue weighted by Crippen LogP contribution is -2.12. The fourth-order valence-electron chi connectivity index (χ4n) is 1.50. The molecule has 1 aromatic heterocycles. The maximum Gasteiger partial charge on any atom is 0.381 e. The standard InChI is InChI=1S/C11H9Cl2N3O3/c1-2-5-7(3-6(12)9(17)8(5)13)19-11(18)10-14-4-15-16-10/h3-4,17H,2H2,1H3,(H,14,15,16). The normalized spacial score (nSPS) is 10.5. The highest BCUT2D eigenvalue weighted by atomic mass is 35.5. The Balaban J connectivity index is 2.37. The van der Waals surface area contributed by atoms with Crippen LogP contribution in [0.25, 0.3) is 0 Å². The van der Waals surface area contributed by atoms with Crippen molar-refractivity contribution in [1.29, 1.82) is 0 Å². The number of carbonyl (C=O) groups is 1. The van der Waals surface area contributed by atoms with Crippen molar-refractivity contribution in [2.24, 2.45) is 0 Å². The van der Waals surface area contributed by atoms with E-state index in [1.165, 1.54) is 12.4 Å². The second-order valence-electron chi connectivity index (χ2n) is 3.57. The van der Waals surface area contributed by atoms with Crippen molar-refractivity contribution in [3.63, 3.8) is 0 Å². The number of hydrogen-bond donors (Lipinski definition) is 2. The molecule has 1 aromatic carbocycles. The first-order valence-electron chi connectivity index (χ1n) is 5.32. The molecule has 2 N–H and O–H groups in total. The first kappa shape index (κ1) is 13.6. The van der Waals surface area contributed by atoms with E-state index in [4.69, 9.17) is 27.9 Å². The van der Waals surface area contributed by atoms with E-state index >= 15 is 0 Å². The molecule has 0 atom stereocenters. The maximum atomic E-state index is 11.7. The number of phenols is 1. The number of rotatable bonds is 3. The van der Waals surface area contributed by atoms with Gasteiger partial charge < -0.3 is 9.84 Å². The van der Waals surface area contributed by atoms with Crippen molar-refractivity contribution in [3.05, 3.63) is 33.8 Å². The zero-order valence-corrected chi connectivity index (χ0v) is 11.3. The molecule has 0 aliphatic rings. The van der Waals surface area contributed by atoms with Crippen LogP contribution < -0.4 is 4.74 Å². The van der Waals surface area contributed by atoms with Gasteiger partial charge in [0.15, 0.2) is 5.75 Å². The number of phenolic OH excluding ortho intramolecular Hbond substituents is 1. The molecule has 0 unspecified atom stereocenters. The highest BCUT2D eigenvalue weighted by molar-refractivity contribution is 6.37. The highest BCUT2D eigenvalue weighted by Gasteiger charge is 2.19. The monoisotopic (exact) mass is 301 g/mol. The van der Waals surface area contributed by atoms with E-state index < -0.39 is 5.97 Å². The Morgan fingerprint density at radius 2 is 2.26 bits per heavy atom. The van der Waals surface area contributed by atoms with E-state index in [-0.39, 0.29) is 27.4 Å². The molecule has 0 fully saturated rings. The van der Waals surface area contributed by atoms with Crippen LogP contribution in [-0.2, 0) is 6.42 Å². The van der Waals surface area contributed by atoms with E-state index in [1.54, 1.807) is 6.92 Å². The van der Waals surface area contributed by atoms with Crippen LogP contribution in [0.4, 0.5) is 0 Å². The number of esters is 1. The van der Waals surface area contributed by atoms with Crippen LogP contribution in [0.1, 0.15) is 23.1 Å². The lowest BCUT2D eigenvalue weighted by molar-refractivity contribution is 0.0720. The van der Waals surface area contributed by atoms with Gasteiger partial charge in [-0.1, -0.05) is 30.1 Å². The number of hydrogen-bond acceptors (Lipinski definition) is 5. The average molecular weight is 302 g/mol. The third kappa shape index (κ3) is 2.64. The molecule has 0 saturated carbocycles. The van der Waals surface area contributed by atoms with Crippen molar-refractivity contribution in [1.82, 2.24) is 15.2 Å². The fraction of sp³-hybridized carbons (Fsp3) is 0.182. The van der Waals surface area contributed by atoms with Gasteiger partial charge in [-0.3, -0.25) is 5.10 Å². The minimum atomic E-state index is -0.718.